The third kappa shape index (κ3) is 3.65. The molecular formula is C10H9ClN2O5S. The topological polar surface area (TPSA) is 127 Å². The van der Waals surface area contributed by atoms with E-state index in [-0.39, 0.29) is 15.5 Å². The molecule has 0 heterocycles. The van der Waals surface area contributed by atoms with Crippen molar-refractivity contribution in [2.75, 3.05) is 6.54 Å². The quantitative estimate of drug-likeness (QED) is 0.699. The molecule has 1 atom stereocenters. The number of halogens is 1. The Kier molecular flexibility index (Phi) is 4.85. The molecule has 0 bridgehead atoms. The Morgan fingerprint density at radius 3 is 2.68 bits per heavy atom. The molecule has 0 aromatic heterocycles. The fourth-order valence-corrected chi connectivity index (χ4v) is 2.68. The molecule has 7 nitrogen and oxygen atoms in total. The van der Waals surface area contributed by atoms with Gasteiger partial charge in [0.05, 0.1) is 10.6 Å². The van der Waals surface area contributed by atoms with Crippen molar-refractivity contribution in [3.63, 3.8) is 0 Å². The summed E-state index contributed by atoms with van der Waals surface area (Å²) in [6.45, 7) is -0.713. The van der Waals surface area contributed by atoms with Crippen molar-refractivity contribution >= 4 is 27.6 Å². The lowest BCUT2D eigenvalue weighted by molar-refractivity contribution is -0.146. The summed E-state index contributed by atoms with van der Waals surface area (Å²) in [6.07, 6.45) is -1.88. The van der Waals surface area contributed by atoms with E-state index in [0.717, 1.165) is 6.07 Å². The molecule has 0 aliphatic carbocycles. The molecular weight excluding hydrogens is 296 g/mol. The van der Waals surface area contributed by atoms with Crippen LogP contribution in [-0.2, 0) is 14.8 Å². The van der Waals surface area contributed by atoms with Crippen LogP contribution in [0.1, 0.15) is 5.56 Å². The first-order valence-corrected chi connectivity index (χ1v) is 6.75. The highest BCUT2D eigenvalue weighted by molar-refractivity contribution is 7.89. The second-order valence-corrected chi connectivity index (χ2v) is 5.57. The molecule has 1 aromatic rings. The number of nitrogens with one attached hydrogen (secondary N) is 1. The molecule has 0 aliphatic rings. The van der Waals surface area contributed by atoms with Crippen LogP contribution in [0.3, 0.4) is 0 Å². The monoisotopic (exact) mass is 304 g/mol. The number of aliphatic hydroxyl groups excluding tert-OH is 1. The van der Waals surface area contributed by atoms with Gasteiger partial charge in [-0.25, -0.2) is 17.9 Å². The van der Waals surface area contributed by atoms with Crippen molar-refractivity contribution < 1.29 is 23.4 Å². The fraction of sp³-hybridized carbons (Fsp3) is 0.200. The normalized spacial score (nSPS) is 12.7. The lowest BCUT2D eigenvalue weighted by atomic mass is 10.2. The van der Waals surface area contributed by atoms with Crippen molar-refractivity contribution in [3.8, 4) is 6.07 Å². The number of hydrogen-bond donors (Lipinski definition) is 3. The summed E-state index contributed by atoms with van der Waals surface area (Å²) in [4.78, 5) is 10.00. The van der Waals surface area contributed by atoms with Crippen LogP contribution in [0, 0.1) is 11.3 Å². The van der Waals surface area contributed by atoms with Gasteiger partial charge < -0.3 is 10.2 Å². The molecule has 1 rings (SSSR count). The van der Waals surface area contributed by atoms with Crippen LogP contribution in [0.4, 0.5) is 0 Å². The van der Waals surface area contributed by atoms with Gasteiger partial charge in [0.25, 0.3) is 0 Å². The first kappa shape index (κ1) is 15.4. The maximum atomic E-state index is 11.9. The van der Waals surface area contributed by atoms with Gasteiger partial charge in [-0.2, -0.15) is 5.26 Å². The van der Waals surface area contributed by atoms with Crippen LogP contribution in [-0.4, -0.2) is 37.2 Å². The largest absolute Gasteiger partial charge is 0.479 e. The van der Waals surface area contributed by atoms with Gasteiger partial charge in [0.15, 0.2) is 6.10 Å². The summed E-state index contributed by atoms with van der Waals surface area (Å²) in [5.41, 5.74) is -0.249. The lowest BCUT2D eigenvalue weighted by Crippen LogP contribution is -2.36. The third-order valence-corrected chi connectivity index (χ3v) is 3.91. The lowest BCUT2D eigenvalue weighted by Gasteiger charge is -2.10. The zero-order chi connectivity index (χ0) is 14.6. The average Bonchev–Trinajstić information content (AvgIpc) is 2.35. The maximum Gasteiger partial charge on any atom is 0.333 e. The number of nitriles is 1. The second kappa shape index (κ2) is 5.99. The van der Waals surface area contributed by atoms with Gasteiger partial charge in [0, 0.05) is 6.54 Å². The summed E-state index contributed by atoms with van der Waals surface area (Å²) in [5.74, 6) is -1.56. The summed E-state index contributed by atoms with van der Waals surface area (Å²) < 4.78 is 25.6. The van der Waals surface area contributed by atoms with Gasteiger partial charge in [-0.3, -0.25) is 0 Å². The minimum absolute atomic E-state index is 0.0378. The second-order valence-electron chi connectivity index (χ2n) is 3.43. The number of aliphatic hydroxyl groups is 1. The number of hydrogen-bond acceptors (Lipinski definition) is 5. The highest BCUT2D eigenvalue weighted by Crippen LogP contribution is 2.22. The highest BCUT2D eigenvalue weighted by atomic mass is 35.5. The molecule has 0 spiro atoms. The van der Waals surface area contributed by atoms with Gasteiger partial charge in [-0.1, -0.05) is 17.7 Å². The van der Waals surface area contributed by atoms with E-state index in [1.54, 1.807) is 6.07 Å². The molecule has 1 aromatic carbocycles. The van der Waals surface area contributed by atoms with Crippen LogP contribution in [0.2, 0.25) is 5.02 Å². The Hall–Kier alpha value is -1.66. The van der Waals surface area contributed by atoms with Crippen LogP contribution < -0.4 is 4.72 Å². The summed E-state index contributed by atoms with van der Waals surface area (Å²) in [7, 11) is -4.13. The van der Waals surface area contributed by atoms with Gasteiger partial charge in [-0.15, -0.1) is 0 Å². The standard InChI is InChI=1S/C10H9ClN2O5S/c11-7-2-1-3-9(6(7)4-12)19(17,18)13-5-8(14)10(15)16/h1-3,8,13-14H,5H2,(H,15,16)/t8-/m0/s1. The molecule has 0 radical (unpaired) electrons. The number of benzene rings is 1. The predicted molar refractivity (Wildman–Crippen MR) is 65.0 cm³/mol. The van der Waals surface area contributed by atoms with E-state index < -0.39 is 28.6 Å². The van der Waals surface area contributed by atoms with Gasteiger partial charge in [0.1, 0.15) is 11.0 Å². The van der Waals surface area contributed by atoms with Crippen molar-refractivity contribution in [1.29, 1.82) is 5.26 Å². The molecule has 0 saturated carbocycles. The number of sulfonamides is 1. The summed E-state index contributed by atoms with van der Waals surface area (Å²) in [6, 6.07) is 5.49. The number of carbonyl (C=O) groups is 1. The Balaban J connectivity index is 3.06. The number of carboxylic acid groups (broad SMARTS) is 1. The molecule has 0 aliphatic heterocycles. The molecule has 102 valence electrons. The highest BCUT2D eigenvalue weighted by Gasteiger charge is 2.23. The Morgan fingerprint density at radius 1 is 1.53 bits per heavy atom. The van der Waals surface area contributed by atoms with Crippen LogP contribution in [0.25, 0.3) is 0 Å². The Labute approximate surface area is 114 Å². The molecule has 19 heavy (non-hydrogen) atoms. The van der Waals surface area contributed by atoms with E-state index in [1.165, 1.54) is 12.1 Å². The summed E-state index contributed by atoms with van der Waals surface area (Å²) >= 11 is 5.69. The number of rotatable bonds is 5. The van der Waals surface area contributed by atoms with Crippen molar-refractivity contribution in [3.05, 3.63) is 28.8 Å². The molecule has 0 amide bonds. The number of carboxylic acids is 1. The molecule has 3 N–H and O–H groups in total. The predicted octanol–water partition coefficient (Wildman–Crippen LogP) is -0.0645. The van der Waals surface area contributed by atoms with Crippen molar-refractivity contribution in [1.82, 2.24) is 4.72 Å². The van der Waals surface area contributed by atoms with Gasteiger partial charge in [0.2, 0.25) is 10.0 Å². The van der Waals surface area contributed by atoms with Crippen LogP contribution in [0.5, 0.6) is 0 Å². The number of aliphatic carboxylic acids is 1. The first-order valence-electron chi connectivity index (χ1n) is 4.88. The minimum atomic E-state index is -4.13. The SMILES string of the molecule is N#Cc1c(Cl)cccc1S(=O)(=O)NC[C@H](O)C(=O)O. The summed E-state index contributed by atoms with van der Waals surface area (Å²) in [5, 5.41) is 26.3. The zero-order valence-corrected chi connectivity index (χ0v) is 10.9. The van der Waals surface area contributed by atoms with Gasteiger partial charge in [-0.05, 0) is 12.1 Å². The fourth-order valence-electron chi connectivity index (χ4n) is 1.19. The van der Waals surface area contributed by atoms with Crippen molar-refractivity contribution in [2.24, 2.45) is 0 Å². The zero-order valence-electron chi connectivity index (χ0n) is 9.37. The van der Waals surface area contributed by atoms with Crippen LogP contribution >= 0.6 is 11.6 Å². The van der Waals surface area contributed by atoms with Crippen LogP contribution in [0.15, 0.2) is 23.1 Å². The third-order valence-electron chi connectivity index (χ3n) is 2.13. The number of nitrogens with zero attached hydrogens (tertiary/aromatic N) is 1. The maximum absolute atomic E-state index is 11.9. The van der Waals surface area contributed by atoms with E-state index in [0.29, 0.717) is 0 Å². The van der Waals surface area contributed by atoms with E-state index in [4.69, 9.17) is 27.1 Å². The van der Waals surface area contributed by atoms with E-state index >= 15 is 0 Å². The van der Waals surface area contributed by atoms with Gasteiger partial charge >= 0.3 is 5.97 Å². The van der Waals surface area contributed by atoms with Crippen molar-refractivity contribution in [2.45, 2.75) is 11.0 Å². The minimum Gasteiger partial charge on any atom is -0.479 e. The van der Waals surface area contributed by atoms with E-state index in [9.17, 15) is 13.2 Å². The average molecular weight is 305 g/mol. The molecule has 9 heteroatoms. The molecule has 0 unspecified atom stereocenters. The Bertz CT molecular complexity index is 638. The Morgan fingerprint density at radius 2 is 2.16 bits per heavy atom. The smallest absolute Gasteiger partial charge is 0.333 e. The van der Waals surface area contributed by atoms with E-state index in [1.807, 2.05) is 4.72 Å². The van der Waals surface area contributed by atoms with E-state index in [2.05, 4.69) is 0 Å². The molecule has 0 fully saturated rings. The molecule has 0 saturated heterocycles. The first-order chi connectivity index (χ1) is 8.79.